The minimum atomic E-state index is -4.92. The maximum atomic E-state index is 14.4. The number of aromatic nitrogens is 2. The summed E-state index contributed by atoms with van der Waals surface area (Å²) in [4.78, 5) is 9.38. The molecule has 0 fully saturated rings. The van der Waals surface area contributed by atoms with Crippen molar-refractivity contribution in [1.29, 1.82) is 0 Å². The van der Waals surface area contributed by atoms with Gasteiger partial charge < -0.3 is 20.2 Å². The maximum absolute atomic E-state index is 14.4. The van der Waals surface area contributed by atoms with Gasteiger partial charge in [-0.05, 0) is 56.0 Å². The Kier molecular flexibility index (Phi) is 9.18. The normalized spacial score (nSPS) is 15.6. The fourth-order valence-electron chi connectivity index (χ4n) is 4.09. The van der Waals surface area contributed by atoms with Crippen LogP contribution in [0.2, 0.25) is 0 Å². The Bertz CT molecular complexity index is 1020. The van der Waals surface area contributed by atoms with Gasteiger partial charge in [-0.15, -0.1) is 0 Å². The SMILES string of the molecule is CCCN(/C=C\C(C)C(C)(C)O)CC(O)(CC(C)(C)c1cc(-c2cncnc2)ccc1O)C(F)(F)F. The van der Waals surface area contributed by atoms with Gasteiger partial charge in [-0.25, -0.2) is 9.97 Å². The summed E-state index contributed by atoms with van der Waals surface area (Å²) in [5, 5.41) is 31.8. The van der Waals surface area contributed by atoms with E-state index in [9.17, 15) is 28.5 Å². The quantitative estimate of drug-likeness (QED) is 0.374. The van der Waals surface area contributed by atoms with Crippen LogP contribution in [0.15, 0.2) is 49.2 Å². The molecular weight excluding hydrogens is 471 g/mol. The lowest BCUT2D eigenvalue weighted by atomic mass is 9.73. The summed E-state index contributed by atoms with van der Waals surface area (Å²) in [6.07, 6.45) is 2.65. The fraction of sp³-hybridized carbons (Fsp3) is 0.556. The van der Waals surface area contributed by atoms with Crippen LogP contribution in [-0.2, 0) is 5.41 Å². The predicted octanol–water partition coefficient (Wildman–Crippen LogP) is 5.44. The summed E-state index contributed by atoms with van der Waals surface area (Å²) in [6, 6.07) is 4.68. The van der Waals surface area contributed by atoms with E-state index in [1.807, 2.05) is 6.92 Å². The number of hydrogen-bond acceptors (Lipinski definition) is 6. The molecule has 2 rings (SSSR count). The third-order valence-electron chi connectivity index (χ3n) is 6.56. The summed E-state index contributed by atoms with van der Waals surface area (Å²) in [5.74, 6) is -0.469. The van der Waals surface area contributed by atoms with Crippen LogP contribution in [-0.4, -0.2) is 60.7 Å². The second kappa shape index (κ2) is 11.2. The molecule has 1 aromatic carbocycles. The van der Waals surface area contributed by atoms with Crippen LogP contribution in [0, 0.1) is 5.92 Å². The van der Waals surface area contributed by atoms with Crippen molar-refractivity contribution in [3.8, 4) is 16.9 Å². The monoisotopic (exact) mass is 509 g/mol. The van der Waals surface area contributed by atoms with Gasteiger partial charge in [0.05, 0.1) is 12.1 Å². The first-order valence-electron chi connectivity index (χ1n) is 12.0. The minimum Gasteiger partial charge on any atom is -0.508 e. The first-order valence-corrected chi connectivity index (χ1v) is 12.0. The number of alkyl halides is 3. The summed E-state index contributed by atoms with van der Waals surface area (Å²) in [6.45, 7) is 9.62. The fourth-order valence-corrected chi connectivity index (χ4v) is 4.09. The molecule has 2 aromatic rings. The number of halogens is 3. The van der Waals surface area contributed by atoms with Crippen molar-refractivity contribution in [2.75, 3.05) is 13.1 Å². The highest BCUT2D eigenvalue weighted by atomic mass is 19.4. The van der Waals surface area contributed by atoms with Crippen molar-refractivity contribution in [2.24, 2.45) is 5.92 Å². The number of aromatic hydroxyl groups is 1. The molecule has 0 saturated heterocycles. The van der Waals surface area contributed by atoms with E-state index in [2.05, 4.69) is 9.97 Å². The summed E-state index contributed by atoms with van der Waals surface area (Å²) >= 11 is 0. The van der Waals surface area contributed by atoms with E-state index >= 15 is 0 Å². The van der Waals surface area contributed by atoms with Crippen LogP contribution in [0.5, 0.6) is 5.75 Å². The van der Waals surface area contributed by atoms with Gasteiger partial charge in [0.15, 0.2) is 5.60 Å². The Hall–Kier alpha value is -2.65. The van der Waals surface area contributed by atoms with E-state index in [-0.39, 0.29) is 17.2 Å². The number of aliphatic hydroxyl groups is 2. The zero-order chi connectivity index (χ0) is 27.4. The molecule has 0 aliphatic rings. The molecule has 0 spiro atoms. The van der Waals surface area contributed by atoms with Crippen molar-refractivity contribution in [1.82, 2.24) is 14.9 Å². The highest BCUT2D eigenvalue weighted by Gasteiger charge is 2.56. The average molecular weight is 510 g/mol. The van der Waals surface area contributed by atoms with Crippen molar-refractivity contribution >= 4 is 0 Å². The van der Waals surface area contributed by atoms with Gasteiger partial charge in [0, 0.05) is 36.0 Å². The zero-order valence-electron chi connectivity index (χ0n) is 21.8. The number of phenolic OH excluding ortho intramolecular Hbond substituents is 1. The molecule has 2 atom stereocenters. The number of nitrogens with zero attached hydrogens (tertiary/aromatic N) is 3. The number of benzene rings is 1. The number of phenols is 1. The van der Waals surface area contributed by atoms with Gasteiger partial charge >= 0.3 is 6.18 Å². The molecule has 9 heteroatoms. The van der Waals surface area contributed by atoms with E-state index in [1.54, 1.807) is 65.2 Å². The van der Waals surface area contributed by atoms with Crippen LogP contribution in [0.1, 0.15) is 59.9 Å². The van der Waals surface area contributed by atoms with E-state index in [1.165, 1.54) is 23.5 Å². The minimum absolute atomic E-state index is 0.158. The van der Waals surface area contributed by atoms with Crippen LogP contribution >= 0.6 is 0 Å². The molecule has 6 nitrogen and oxygen atoms in total. The first kappa shape index (κ1) is 29.6. The van der Waals surface area contributed by atoms with Crippen molar-refractivity contribution in [3.63, 3.8) is 0 Å². The van der Waals surface area contributed by atoms with Crippen LogP contribution in [0.4, 0.5) is 13.2 Å². The van der Waals surface area contributed by atoms with Gasteiger partial charge in [-0.2, -0.15) is 13.2 Å². The lowest BCUT2D eigenvalue weighted by Gasteiger charge is -2.41. The lowest BCUT2D eigenvalue weighted by molar-refractivity contribution is -0.270. The summed E-state index contributed by atoms with van der Waals surface area (Å²) in [5.41, 5.74) is -3.78. The molecule has 0 saturated carbocycles. The van der Waals surface area contributed by atoms with Crippen LogP contribution in [0.25, 0.3) is 11.1 Å². The zero-order valence-corrected chi connectivity index (χ0v) is 21.8. The van der Waals surface area contributed by atoms with Gasteiger partial charge in [-0.3, -0.25) is 0 Å². The Labute approximate surface area is 211 Å². The van der Waals surface area contributed by atoms with E-state index in [0.717, 1.165) is 0 Å². The largest absolute Gasteiger partial charge is 0.508 e. The van der Waals surface area contributed by atoms with E-state index in [0.29, 0.717) is 24.1 Å². The van der Waals surface area contributed by atoms with Gasteiger partial charge in [0.2, 0.25) is 0 Å². The van der Waals surface area contributed by atoms with Gasteiger partial charge in [-0.1, -0.05) is 39.8 Å². The Morgan fingerprint density at radius 1 is 1.03 bits per heavy atom. The average Bonchev–Trinajstić information content (AvgIpc) is 2.76. The number of hydrogen-bond donors (Lipinski definition) is 3. The van der Waals surface area contributed by atoms with Gasteiger partial charge in [0.25, 0.3) is 0 Å². The van der Waals surface area contributed by atoms with Crippen LogP contribution < -0.4 is 0 Å². The van der Waals surface area contributed by atoms with Crippen LogP contribution in [0.3, 0.4) is 0 Å². The third kappa shape index (κ3) is 7.43. The van der Waals surface area contributed by atoms with E-state index < -0.39 is 35.8 Å². The molecule has 1 aromatic heterocycles. The molecule has 0 aliphatic carbocycles. The highest BCUT2D eigenvalue weighted by molar-refractivity contribution is 5.64. The second-order valence-corrected chi connectivity index (χ2v) is 10.7. The Morgan fingerprint density at radius 3 is 2.17 bits per heavy atom. The first-order chi connectivity index (χ1) is 16.5. The molecule has 0 aliphatic heterocycles. The summed E-state index contributed by atoms with van der Waals surface area (Å²) < 4.78 is 43.1. The smallest absolute Gasteiger partial charge is 0.418 e. The maximum Gasteiger partial charge on any atom is 0.418 e. The third-order valence-corrected chi connectivity index (χ3v) is 6.56. The highest BCUT2D eigenvalue weighted by Crippen LogP contribution is 2.44. The van der Waals surface area contributed by atoms with Crippen molar-refractivity contribution < 1.29 is 28.5 Å². The molecule has 3 N–H and O–H groups in total. The topological polar surface area (TPSA) is 89.7 Å². The molecule has 200 valence electrons. The second-order valence-electron chi connectivity index (χ2n) is 10.7. The van der Waals surface area contributed by atoms with Crippen molar-refractivity contribution in [2.45, 2.75) is 77.2 Å². The molecule has 36 heavy (non-hydrogen) atoms. The lowest BCUT2D eigenvalue weighted by Crippen LogP contribution is -2.55. The molecular formula is C27H38F3N3O3. The predicted molar refractivity (Wildman–Crippen MR) is 134 cm³/mol. The van der Waals surface area contributed by atoms with Gasteiger partial charge in [0.1, 0.15) is 12.1 Å². The standard InChI is InChI=1S/C27H38F3N3O3/c1-7-11-33(12-10-19(2)25(5,6)35)17-26(36,27(28,29)30)16-24(3,4)22-13-20(8-9-23(22)34)21-14-31-18-32-15-21/h8-10,12-15,18-19,34-36H,7,11,16-17H2,1-6H3/b12-10-. The molecule has 0 bridgehead atoms. The molecule has 1 heterocycles. The number of rotatable bonds is 11. The molecule has 0 amide bonds. The summed E-state index contributed by atoms with van der Waals surface area (Å²) in [7, 11) is 0. The van der Waals surface area contributed by atoms with Crippen molar-refractivity contribution in [3.05, 3.63) is 54.8 Å². The molecule has 0 radical (unpaired) electrons. The Balaban J connectivity index is 2.42. The van der Waals surface area contributed by atoms with E-state index in [4.69, 9.17) is 0 Å². The molecule has 2 unspecified atom stereocenters. The Morgan fingerprint density at radius 2 is 1.64 bits per heavy atom.